The summed E-state index contributed by atoms with van der Waals surface area (Å²) in [6.45, 7) is 5.22. The van der Waals surface area contributed by atoms with Crippen LogP contribution in [0.5, 0.6) is 5.75 Å². The zero-order valence-electron chi connectivity index (χ0n) is 16.1. The van der Waals surface area contributed by atoms with E-state index in [2.05, 4.69) is 11.9 Å². The topological polar surface area (TPSA) is 96.0 Å². The fourth-order valence-corrected chi connectivity index (χ4v) is 2.57. The Labute approximate surface area is 160 Å². The van der Waals surface area contributed by atoms with Gasteiger partial charge in [-0.1, -0.05) is 18.2 Å². The van der Waals surface area contributed by atoms with Crippen LogP contribution >= 0.6 is 0 Å². The van der Waals surface area contributed by atoms with Crippen LogP contribution in [0.2, 0.25) is 0 Å². The third kappa shape index (κ3) is 7.03. The first-order chi connectivity index (χ1) is 12.6. The summed E-state index contributed by atoms with van der Waals surface area (Å²) >= 11 is 0. The van der Waals surface area contributed by atoms with Gasteiger partial charge in [0.05, 0.1) is 19.9 Å². The Balaban J connectivity index is 3.04. The first-order valence-corrected chi connectivity index (χ1v) is 10.2. The van der Waals surface area contributed by atoms with Crippen LogP contribution < -0.4 is 10.1 Å². The number of hydrogen-bond acceptors (Lipinski definition) is 5. The molecular weight excluding hydrogens is 370 g/mol. The van der Waals surface area contributed by atoms with Gasteiger partial charge in [-0.05, 0) is 24.6 Å². The highest BCUT2D eigenvalue weighted by Gasteiger charge is 2.28. The Morgan fingerprint density at radius 1 is 1.30 bits per heavy atom. The molecule has 1 aromatic rings. The van der Waals surface area contributed by atoms with Gasteiger partial charge in [-0.25, -0.2) is 8.42 Å². The van der Waals surface area contributed by atoms with Crippen LogP contribution in [0.3, 0.4) is 0 Å². The predicted octanol–water partition coefficient (Wildman–Crippen LogP) is 0.606. The minimum absolute atomic E-state index is 0.156. The van der Waals surface area contributed by atoms with Gasteiger partial charge in [-0.3, -0.25) is 9.59 Å². The lowest BCUT2D eigenvalue weighted by Gasteiger charge is -2.30. The summed E-state index contributed by atoms with van der Waals surface area (Å²) in [6, 6.07) is 6.29. The molecule has 0 saturated heterocycles. The first kappa shape index (κ1) is 22.7. The van der Waals surface area contributed by atoms with Gasteiger partial charge < -0.3 is 15.0 Å². The molecule has 0 spiro atoms. The number of methoxy groups -OCH3 is 1. The van der Waals surface area contributed by atoms with Crippen LogP contribution in [0.25, 0.3) is 0 Å². The fourth-order valence-electron chi connectivity index (χ4n) is 2.23. The molecule has 1 N–H and O–H groups in total. The molecule has 1 aromatic carbocycles. The number of carbonyl (C=O) groups is 2. The number of sulfonamides is 1. The van der Waals surface area contributed by atoms with E-state index in [0.717, 1.165) is 16.1 Å². The average molecular weight is 397 g/mol. The summed E-state index contributed by atoms with van der Waals surface area (Å²) in [7, 11) is -0.644. The van der Waals surface area contributed by atoms with Crippen LogP contribution in [-0.2, 0) is 26.2 Å². The molecule has 0 fully saturated rings. The van der Waals surface area contributed by atoms with E-state index in [4.69, 9.17) is 4.74 Å². The number of nitrogens with one attached hydrogen (secondary N) is 1. The largest absolute Gasteiger partial charge is 0.497 e. The van der Waals surface area contributed by atoms with Crippen molar-refractivity contribution in [2.24, 2.45) is 0 Å². The van der Waals surface area contributed by atoms with Crippen LogP contribution in [0, 0.1) is 0 Å². The highest BCUT2D eigenvalue weighted by Crippen LogP contribution is 2.15. The van der Waals surface area contributed by atoms with Crippen molar-refractivity contribution in [3.8, 4) is 5.75 Å². The lowest BCUT2D eigenvalue weighted by molar-refractivity contribution is -0.140. The average Bonchev–Trinajstić information content (AvgIpc) is 2.63. The van der Waals surface area contributed by atoms with Gasteiger partial charge in [0.2, 0.25) is 21.8 Å². The van der Waals surface area contributed by atoms with Crippen molar-refractivity contribution >= 4 is 21.8 Å². The second kappa shape index (κ2) is 10.1. The van der Waals surface area contributed by atoms with Crippen LogP contribution in [-0.4, -0.2) is 69.0 Å². The number of hydrogen-bond donors (Lipinski definition) is 1. The van der Waals surface area contributed by atoms with Crippen molar-refractivity contribution in [1.29, 1.82) is 0 Å². The SMILES string of the molecule is C=CCNC(=O)C(C)N(Cc1ccc(OC)cc1)C(=O)CN(C)S(C)(=O)=O. The van der Waals surface area contributed by atoms with Crippen LogP contribution in [0.1, 0.15) is 12.5 Å². The maximum Gasteiger partial charge on any atom is 0.242 e. The van der Waals surface area contributed by atoms with E-state index in [1.807, 2.05) is 0 Å². The smallest absolute Gasteiger partial charge is 0.242 e. The summed E-state index contributed by atoms with van der Waals surface area (Å²) < 4.78 is 29.3. The van der Waals surface area contributed by atoms with E-state index in [-0.39, 0.29) is 25.5 Å². The first-order valence-electron chi connectivity index (χ1n) is 8.32. The molecule has 1 rings (SSSR count). The fraction of sp³-hybridized carbons (Fsp3) is 0.444. The van der Waals surface area contributed by atoms with E-state index in [1.165, 1.54) is 18.0 Å². The Morgan fingerprint density at radius 3 is 2.37 bits per heavy atom. The van der Waals surface area contributed by atoms with Gasteiger partial charge in [0, 0.05) is 20.1 Å². The minimum atomic E-state index is -3.52. The Bertz CT molecular complexity index is 762. The zero-order valence-corrected chi connectivity index (χ0v) is 17.0. The van der Waals surface area contributed by atoms with Crippen molar-refractivity contribution in [2.45, 2.75) is 19.5 Å². The third-order valence-corrected chi connectivity index (χ3v) is 5.29. The molecular formula is C18H27N3O5S. The molecule has 150 valence electrons. The van der Waals surface area contributed by atoms with Crippen molar-refractivity contribution in [3.05, 3.63) is 42.5 Å². The summed E-state index contributed by atoms with van der Waals surface area (Å²) in [5, 5.41) is 2.65. The molecule has 0 bridgehead atoms. The number of benzene rings is 1. The van der Waals surface area contributed by atoms with E-state index in [9.17, 15) is 18.0 Å². The summed E-state index contributed by atoms with van der Waals surface area (Å²) in [4.78, 5) is 26.4. The molecule has 0 heterocycles. The van der Waals surface area contributed by atoms with Gasteiger partial charge in [0.1, 0.15) is 11.8 Å². The Morgan fingerprint density at radius 2 is 1.89 bits per heavy atom. The number of ether oxygens (including phenoxy) is 1. The zero-order chi connectivity index (χ0) is 20.6. The monoisotopic (exact) mass is 397 g/mol. The molecule has 1 atom stereocenters. The lowest BCUT2D eigenvalue weighted by Crippen LogP contribution is -2.50. The van der Waals surface area contributed by atoms with Crippen molar-refractivity contribution < 1.29 is 22.7 Å². The molecule has 2 amide bonds. The van der Waals surface area contributed by atoms with Crippen molar-refractivity contribution in [1.82, 2.24) is 14.5 Å². The van der Waals surface area contributed by atoms with E-state index in [0.29, 0.717) is 5.75 Å². The lowest BCUT2D eigenvalue weighted by atomic mass is 10.1. The second-order valence-electron chi connectivity index (χ2n) is 6.10. The second-order valence-corrected chi connectivity index (χ2v) is 8.19. The predicted molar refractivity (Wildman–Crippen MR) is 104 cm³/mol. The van der Waals surface area contributed by atoms with Gasteiger partial charge >= 0.3 is 0 Å². The quantitative estimate of drug-likeness (QED) is 0.584. The molecule has 8 nitrogen and oxygen atoms in total. The number of carbonyl (C=O) groups excluding carboxylic acids is 2. The van der Waals surface area contributed by atoms with Gasteiger partial charge in [-0.2, -0.15) is 4.31 Å². The summed E-state index contributed by atoms with van der Waals surface area (Å²) in [5.74, 6) is -0.149. The normalized spacial score (nSPS) is 12.3. The molecule has 1 unspecified atom stereocenters. The molecule has 0 aliphatic carbocycles. The molecule has 0 aliphatic rings. The molecule has 0 aliphatic heterocycles. The van der Waals surface area contributed by atoms with E-state index in [1.54, 1.807) is 38.3 Å². The van der Waals surface area contributed by atoms with E-state index < -0.39 is 22.0 Å². The van der Waals surface area contributed by atoms with Gasteiger partial charge in [-0.15, -0.1) is 6.58 Å². The number of rotatable bonds is 10. The highest BCUT2D eigenvalue weighted by atomic mass is 32.2. The number of amides is 2. The Hall–Kier alpha value is -2.39. The minimum Gasteiger partial charge on any atom is -0.497 e. The summed E-state index contributed by atoms with van der Waals surface area (Å²) in [6.07, 6.45) is 2.56. The summed E-state index contributed by atoms with van der Waals surface area (Å²) in [5.41, 5.74) is 0.787. The van der Waals surface area contributed by atoms with Gasteiger partial charge in [0.25, 0.3) is 0 Å². The molecule has 27 heavy (non-hydrogen) atoms. The number of nitrogens with zero attached hydrogens (tertiary/aromatic N) is 2. The maximum absolute atomic E-state index is 12.7. The highest BCUT2D eigenvalue weighted by molar-refractivity contribution is 7.88. The van der Waals surface area contributed by atoms with Crippen molar-refractivity contribution in [2.75, 3.05) is 33.5 Å². The van der Waals surface area contributed by atoms with E-state index >= 15 is 0 Å². The molecule has 0 aromatic heterocycles. The van der Waals surface area contributed by atoms with Crippen LogP contribution in [0.15, 0.2) is 36.9 Å². The number of likely N-dealkylation sites (N-methyl/N-ethyl adjacent to an activating group) is 1. The molecule has 9 heteroatoms. The van der Waals surface area contributed by atoms with Gasteiger partial charge in [0.15, 0.2) is 0 Å². The maximum atomic E-state index is 12.7. The molecule has 0 radical (unpaired) electrons. The molecule has 0 saturated carbocycles. The third-order valence-electron chi connectivity index (χ3n) is 4.02. The standard InChI is InChI=1S/C18H27N3O5S/c1-6-11-19-18(23)14(2)21(17(22)13-20(3)27(5,24)25)12-15-7-9-16(26-4)10-8-15/h6-10,14H,1,11-13H2,2-5H3,(H,19,23). The van der Waals surface area contributed by atoms with Crippen molar-refractivity contribution in [3.63, 3.8) is 0 Å². The Kier molecular flexibility index (Phi) is 8.45. The van der Waals surface area contributed by atoms with Crippen LogP contribution in [0.4, 0.5) is 0 Å².